The van der Waals surface area contributed by atoms with Crippen LogP contribution in [0.2, 0.25) is 0 Å². The first-order chi connectivity index (χ1) is 6.19. The van der Waals surface area contributed by atoms with E-state index in [0.29, 0.717) is 0 Å². The van der Waals surface area contributed by atoms with E-state index in [1.165, 1.54) is 19.4 Å². The number of carbonyl (C=O) groups excluding carboxylic acids is 1. The molecule has 0 fully saturated rings. The molecule has 1 aromatic rings. The SMILES string of the molecule is COc1cnc(C#N)cc1C(N)=O. The Morgan fingerprint density at radius 3 is 2.92 bits per heavy atom. The van der Waals surface area contributed by atoms with Gasteiger partial charge in [-0.25, -0.2) is 4.98 Å². The van der Waals surface area contributed by atoms with Gasteiger partial charge in [0.05, 0.1) is 18.9 Å². The van der Waals surface area contributed by atoms with Gasteiger partial charge in [-0.05, 0) is 6.07 Å². The average Bonchev–Trinajstić information content (AvgIpc) is 2.16. The Balaban J connectivity index is 3.28. The number of rotatable bonds is 2. The molecular formula is C8H7N3O2. The van der Waals surface area contributed by atoms with E-state index >= 15 is 0 Å². The quantitative estimate of drug-likeness (QED) is 0.691. The summed E-state index contributed by atoms with van der Waals surface area (Å²) in [6.07, 6.45) is 1.29. The van der Waals surface area contributed by atoms with Gasteiger partial charge in [0, 0.05) is 0 Å². The first-order valence-electron chi connectivity index (χ1n) is 3.43. The number of ether oxygens (including phenoxy) is 1. The summed E-state index contributed by atoms with van der Waals surface area (Å²) in [6, 6.07) is 3.09. The first-order valence-corrected chi connectivity index (χ1v) is 3.43. The summed E-state index contributed by atoms with van der Waals surface area (Å²) in [6.45, 7) is 0. The van der Waals surface area contributed by atoms with Crippen molar-refractivity contribution < 1.29 is 9.53 Å². The van der Waals surface area contributed by atoms with E-state index in [9.17, 15) is 4.79 Å². The van der Waals surface area contributed by atoms with Crippen molar-refractivity contribution in [3.8, 4) is 11.8 Å². The van der Waals surface area contributed by atoms with Gasteiger partial charge in [-0.15, -0.1) is 0 Å². The third-order valence-corrected chi connectivity index (χ3v) is 1.47. The molecule has 2 N–H and O–H groups in total. The number of primary amides is 1. The largest absolute Gasteiger partial charge is 0.494 e. The molecule has 5 nitrogen and oxygen atoms in total. The van der Waals surface area contributed by atoms with Gasteiger partial charge in [0.25, 0.3) is 5.91 Å². The van der Waals surface area contributed by atoms with Crippen LogP contribution in [-0.2, 0) is 0 Å². The van der Waals surface area contributed by atoms with Crippen LogP contribution in [0.15, 0.2) is 12.3 Å². The summed E-state index contributed by atoms with van der Waals surface area (Å²) in [7, 11) is 1.40. The maximum absolute atomic E-state index is 10.9. The number of nitrogens with zero attached hydrogens (tertiary/aromatic N) is 2. The monoisotopic (exact) mass is 177 g/mol. The van der Waals surface area contributed by atoms with Crippen LogP contribution < -0.4 is 10.5 Å². The highest BCUT2D eigenvalue weighted by Gasteiger charge is 2.10. The number of pyridine rings is 1. The van der Waals surface area contributed by atoms with Crippen molar-refractivity contribution in [2.24, 2.45) is 5.73 Å². The zero-order valence-corrected chi connectivity index (χ0v) is 6.94. The Labute approximate surface area is 74.8 Å². The third kappa shape index (κ3) is 1.73. The highest BCUT2D eigenvalue weighted by atomic mass is 16.5. The van der Waals surface area contributed by atoms with Crippen molar-refractivity contribution in [2.75, 3.05) is 7.11 Å². The molecule has 0 saturated heterocycles. The molecule has 0 aliphatic carbocycles. The zero-order valence-electron chi connectivity index (χ0n) is 6.94. The second-order valence-corrected chi connectivity index (χ2v) is 2.25. The molecule has 1 aromatic heterocycles. The smallest absolute Gasteiger partial charge is 0.252 e. The van der Waals surface area contributed by atoms with Crippen molar-refractivity contribution in [1.82, 2.24) is 4.98 Å². The van der Waals surface area contributed by atoms with Gasteiger partial charge >= 0.3 is 0 Å². The van der Waals surface area contributed by atoms with Crippen LogP contribution in [0.4, 0.5) is 0 Å². The van der Waals surface area contributed by atoms with Gasteiger partial charge in [0.1, 0.15) is 17.5 Å². The molecule has 1 amide bonds. The second kappa shape index (κ2) is 3.54. The van der Waals surface area contributed by atoms with Crippen LogP contribution in [0.25, 0.3) is 0 Å². The topological polar surface area (TPSA) is 89.0 Å². The standard InChI is InChI=1S/C8H7N3O2/c1-13-7-4-11-5(3-9)2-6(7)8(10)12/h2,4H,1H3,(H2,10,12). The van der Waals surface area contributed by atoms with Crippen LogP contribution in [0.3, 0.4) is 0 Å². The minimum atomic E-state index is -0.643. The Morgan fingerprint density at radius 2 is 2.46 bits per heavy atom. The molecule has 0 saturated carbocycles. The van der Waals surface area contributed by atoms with Gasteiger partial charge in [-0.3, -0.25) is 4.79 Å². The first kappa shape index (κ1) is 9.00. The molecule has 0 spiro atoms. The number of nitriles is 1. The van der Waals surface area contributed by atoms with Gasteiger partial charge in [-0.2, -0.15) is 5.26 Å². The van der Waals surface area contributed by atoms with Gasteiger partial charge < -0.3 is 10.5 Å². The Hall–Kier alpha value is -2.09. The van der Waals surface area contributed by atoms with E-state index < -0.39 is 5.91 Å². The molecule has 0 radical (unpaired) electrons. The van der Waals surface area contributed by atoms with E-state index in [0.717, 1.165) is 0 Å². The lowest BCUT2D eigenvalue weighted by molar-refractivity contribution is 0.0997. The Bertz CT molecular complexity index is 381. The van der Waals surface area contributed by atoms with Crippen molar-refractivity contribution in [2.45, 2.75) is 0 Å². The summed E-state index contributed by atoms with van der Waals surface area (Å²) in [5.41, 5.74) is 5.35. The van der Waals surface area contributed by atoms with Crippen molar-refractivity contribution >= 4 is 5.91 Å². The Kier molecular flexibility index (Phi) is 2.45. The molecule has 1 heterocycles. The molecule has 5 heteroatoms. The number of carbonyl (C=O) groups is 1. The number of amides is 1. The average molecular weight is 177 g/mol. The number of hydrogen-bond acceptors (Lipinski definition) is 4. The van der Waals surface area contributed by atoms with E-state index in [4.69, 9.17) is 15.7 Å². The minimum absolute atomic E-state index is 0.134. The number of nitrogens with two attached hydrogens (primary N) is 1. The molecule has 1 rings (SSSR count). The summed E-state index contributed by atoms with van der Waals surface area (Å²) < 4.78 is 4.83. The van der Waals surface area contributed by atoms with Crippen molar-refractivity contribution in [3.63, 3.8) is 0 Å². The van der Waals surface area contributed by atoms with Crippen LogP contribution >= 0.6 is 0 Å². The van der Waals surface area contributed by atoms with Crippen LogP contribution in [0.1, 0.15) is 16.1 Å². The summed E-state index contributed by atoms with van der Waals surface area (Å²) in [5.74, 6) is -0.373. The second-order valence-electron chi connectivity index (χ2n) is 2.25. The number of methoxy groups -OCH3 is 1. The summed E-state index contributed by atoms with van der Waals surface area (Å²) >= 11 is 0. The van der Waals surface area contributed by atoms with Crippen LogP contribution in [0.5, 0.6) is 5.75 Å². The summed E-state index contributed by atoms with van der Waals surface area (Å²) in [5, 5.41) is 8.50. The normalized spacial score (nSPS) is 8.92. The fourth-order valence-electron chi connectivity index (χ4n) is 0.859. The Morgan fingerprint density at radius 1 is 1.77 bits per heavy atom. The molecule has 66 valence electrons. The third-order valence-electron chi connectivity index (χ3n) is 1.47. The number of hydrogen-bond donors (Lipinski definition) is 1. The van der Waals surface area contributed by atoms with Crippen molar-refractivity contribution in [3.05, 3.63) is 23.5 Å². The molecule has 0 aliphatic rings. The summed E-state index contributed by atoms with van der Waals surface area (Å²) in [4.78, 5) is 14.6. The molecular weight excluding hydrogens is 170 g/mol. The highest BCUT2D eigenvalue weighted by Crippen LogP contribution is 2.16. The molecule has 0 atom stereocenters. The lowest BCUT2D eigenvalue weighted by atomic mass is 10.2. The lowest BCUT2D eigenvalue weighted by Crippen LogP contribution is -2.13. The van der Waals surface area contributed by atoms with Gasteiger partial charge in [0.15, 0.2) is 0 Å². The molecule has 0 unspecified atom stereocenters. The van der Waals surface area contributed by atoms with Gasteiger partial charge in [0.2, 0.25) is 0 Å². The predicted molar refractivity (Wildman–Crippen MR) is 44.0 cm³/mol. The van der Waals surface area contributed by atoms with E-state index in [1.807, 2.05) is 0 Å². The molecule has 0 aliphatic heterocycles. The van der Waals surface area contributed by atoms with E-state index in [-0.39, 0.29) is 17.0 Å². The van der Waals surface area contributed by atoms with E-state index in [2.05, 4.69) is 4.98 Å². The maximum Gasteiger partial charge on any atom is 0.252 e. The molecule has 13 heavy (non-hydrogen) atoms. The fraction of sp³-hybridized carbons (Fsp3) is 0.125. The van der Waals surface area contributed by atoms with Crippen LogP contribution in [0, 0.1) is 11.3 Å². The zero-order chi connectivity index (χ0) is 9.84. The number of aromatic nitrogens is 1. The van der Waals surface area contributed by atoms with E-state index in [1.54, 1.807) is 6.07 Å². The molecule has 0 bridgehead atoms. The van der Waals surface area contributed by atoms with Crippen molar-refractivity contribution in [1.29, 1.82) is 5.26 Å². The maximum atomic E-state index is 10.9. The molecule has 0 aromatic carbocycles. The highest BCUT2D eigenvalue weighted by molar-refractivity contribution is 5.95. The lowest BCUT2D eigenvalue weighted by Gasteiger charge is -2.03. The van der Waals surface area contributed by atoms with Crippen LogP contribution in [-0.4, -0.2) is 18.0 Å². The minimum Gasteiger partial charge on any atom is -0.494 e. The van der Waals surface area contributed by atoms with Gasteiger partial charge in [-0.1, -0.05) is 0 Å². The predicted octanol–water partition coefficient (Wildman–Crippen LogP) is 0.0608. The fourth-order valence-corrected chi connectivity index (χ4v) is 0.859.